The maximum atomic E-state index is 12.7. The summed E-state index contributed by atoms with van der Waals surface area (Å²) in [6.45, 7) is 5.09. The van der Waals surface area contributed by atoms with Gasteiger partial charge in [-0.25, -0.2) is 9.78 Å². The van der Waals surface area contributed by atoms with Crippen molar-refractivity contribution in [2.45, 2.75) is 63.6 Å². The Hall–Kier alpha value is -2.68. The maximum absolute atomic E-state index is 12.7. The zero-order chi connectivity index (χ0) is 22.8. The summed E-state index contributed by atoms with van der Waals surface area (Å²) in [4.78, 5) is 30.7. The quantitative estimate of drug-likeness (QED) is 0.556. The number of amides is 1. The number of nitrogens with two attached hydrogens (primary N) is 1. The Morgan fingerprint density at radius 3 is 2.77 bits per heavy atom. The third kappa shape index (κ3) is 4.98. The van der Waals surface area contributed by atoms with Gasteiger partial charge in [-0.05, 0) is 51.7 Å². The number of nitrogens with zero attached hydrogens (tertiary/aromatic N) is 3. The van der Waals surface area contributed by atoms with E-state index in [0.29, 0.717) is 17.8 Å². The molecule has 1 aliphatic rings. The van der Waals surface area contributed by atoms with Crippen LogP contribution in [-0.4, -0.2) is 56.6 Å². The summed E-state index contributed by atoms with van der Waals surface area (Å²) in [5, 5.41) is 0. The molecule has 0 saturated heterocycles. The van der Waals surface area contributed by atoms with Gasteiger partial charge in [0.25, 0.3) is 0 Å². The Labute approximate surface area is 187 Å². The maximum Gasteiger partial charge on any atom is 0.410 e. The molecule has 1 saturated carbocycles. The minimum Gasteiger partial charge on any atom is -0.460 e. The Balaban J connectivity index is 1.81. The summed E-state index contributed by atoms with van der Waals surface area (Å²) in [5.74, 6) is -0.524. The van der Waals surface area contributed by atoms with E-state index in [1.807, 2.05) is 28.9 Å². The molecule has 0 aromatic carbocycles. The van der Waals surface area contributed by atoms with Crippen LogP contribution in [0.1, 0.15) is 52.0 Å². The average Bonchev–Trinajstić information content (AvgIpc) is 3.14. The van der Waals surface area contributed by atoms with Crippen LogP contribution in [0.15, 0.2) is 30.7 Å². The van der Waals surface area contributed by atoms with E-state index in [1.165, 1.54) is 11.9 Å². The first-order chi connectivity index (χ1) is 14.5. The summed E-state index contributed by atoms with van der Waals surface area (Å²) in [5.41, 5.74) is 6.55. The summed E-state index contributed by atoms with van der Waals surface area (Å²) < 4.78 is 13.1. The van der Waals surface area contributed by atoms with E-state index in [2.05, 4.69) is 4.98 Å². The van der Waals surface area contributed by atoms with E-state index in [4.69, 9.17) is 27.4 Å². The Kier molecular flexibility index (Phi) is 6.54. The summed E-state index contributed by atoms with van der Waals surface area (Å²) >= 11 is 5.51. The molecule has 9 heteroatoms. The summed E-state index contributed by atoms with van der Waals surface area (Å²) in [6.07, 6.45) is 7.56. The molecule has 2 aromatic rings. The number of imidazole rings is 1. The number of carbonyl (C=O) groups is 2. The van der Waals surface area contributed by atoms with Crippen LogP contribution in [0.25, 0.3) is 5.65 Å². The number of ether oxygens (including phenoxy) is 2. The van der Waals surface area contributed by atoms with Crippen molar-refractivity contribution in [1.29, 1.82) is 0 Å². The number of hydrogen-bond donors (Lipinski definition) is 1. The smallest absolute Gasteiger partial charge is 0.410 e. The molecule has 8 nitrogen and oxygen atoms in total. The number of esters is 1. The van der Waals surface area contributed by atoms with Crippen molar-refractivity contribution in [3.63, 3.8) is 0 Å². The Bertz CT molecular complexity index is 983. The Morgan fingerprint density at radius 1 is 1.35 bits per heavy atom. The first kappa shape index (κ1) is 23.0. The Morgan fingerprint density at radius 2 is 2.10 bits per heavy atom. The summed E-state index contributed by atoms with van der Waals surface area (Å²) in [7, 11) is 1.50. The van der Waals surface area contributed by atoms with Gasteiger partial charge in [0, 0.05) is 25.6 Å². The number of thiocarbonyl (C=S) groups is 1. The number of carbonyl (C=O) groups excluding carboxylic acids is 2. The minimum absolute atomic E-state index is 0.223. The molecule has 2 N–H and O–H groups in total. The van der Waals surface area contributed by atoms with Crippen LogP contribution in [0.4, 0.5) is 4.79 Å². The second-order valence-corrected chi connectivity index (χ2v) is 9.45. The van der Waals surface area contributed by atoms with Crippen molar-refractivity contribution >= 4 is 34.9 Å². The van der Waals surface area contributed by atoms with Gasteiger partial charge in [0.05, 0.1) is 10.4 Å². The SMILES string of the molecule is CN(CC(=O)OC1CCCCC1(C(N)=S)c1ccc2nccn2c1)C(=O)OC(C)(C)C. The second kappa shape index (κ2) is 8.82. The number of fused-ring (bicyclic) bond motifs is 1. The average molecular weight is 447 g/mol. The van der Waals surface area contributed by atoms with E-state index in [0.717, 1.165) is 24.1 Å². The molecule has 168 valence electrons. The molecule has 2 heterocycles. The van der Waals surface area contributed by atoms with Crippen molar-refractivity contribution < 1.29 is 19.1 Å². The van der Waals surface area contributed by atoms with Crippen LogP contribution >= 0.6 is 12.2 Å². The molecular formula is C22H30N4O4S. The van der Waals surface area contributed by atoms with Crippen LogP contribution in [0.5, 0.6) is 0 Å². The zero-order valence-electron chi connectivity index (χ0n) is 18.5. The lowest BCUT2D eigenvalue weighted by Gasteiger charge is -2.43. The highest BCUT2D eigenvalue weighted by molar-refractivity contribution is 7.80. The third-order valence-corrected chi connectivity index (χ3v) is 5.89. The van der Waals surface area contributed by atoms with Gasteiger partial charge in [0.15, 0.2) is 0 Å². The van der Waals surface area contributed by atoms with Gasteiger partial charge in [0.2, 0.25) is 0 Å². The normalized spacial score (nSPS) is 21.5. The van der Waals surface area contributed by atoms with Crippen molar-refractivity contribution in [2.75, 3.05) is 13.6 Å². The number of pyridine rings is 1. The number of rotatable bonds is 5. The van der Waals surface area contributed by atoms with Gasteiger partial charge in [-0.1, -0.05) is 24.7 Å². The molecule has 0 radical (unpaired) electrons. The molecule has 31 heavy (non-hydrogen) atoms. The van der Waals surface area contributed by atoms with Crippen molar-refractivity contribution in [3.8, 4) is 0 Å². The van der Waals surface area contributed by atoms with Crippen LogP contribution in [-0.2, 0) is 19.7 Å². The lowest BCUT2D eigenvalue weighted by atomic mass is 9.67. The number of aromatic nitrogens is 2. The molecule has 0 bridgehead atoms. The molecule has 3 rings (SSSR count). The van der Waals surface area contributed by atoms with Gasteiger partial charge in [-0.15, -0.1) is 0 Å². The highest BCUT2D eigenvalue weighted by atomic mass is 32.1. The summed E-state index contributed by atoms with van der Waals surface area (Å²) in [6, 6.07) is 3.85. The molecule has 0 spiro atoms. The van der Waals surface area contributed by atoms with E-state index in [1.54, 1.807) is 27.0 Å². The molecule has 2 unspecified atom stereocenters. The molecule has 2 atom stereocenters. The third-order valence-electron chi connectivity index (χ3n) is 5.53. The predicted octanol–water partition coefficient (Wildman–Crippen LogP) is 3.21. The van der Waals surface area contributed by atoms with Crippen LogP contribution < -0.4 is 5.73 Å². The van der Waals surface area contributed by atoms with Gasteiger partial charge in [-0.3, -0.25) is 4.79 Å². The molecule has 1 fully saturated rings. The highest BCUT2D eigenvalue weighted by Crippen LogP contribution is 2.42. The fraction of sp³-hybridized carbons (Fsp3) is 0.545. The molecule has 1 aliphatic carbocycles. The minimum atomic E-state index is -0.772. The highest BCUT2D eigenvalue weighted by Gasteiger charge is 2.47. The lowest BCUT2D eigenvalue weighted by Crippen LogP contribution is -2.53. The van der Waals surface area contributed by atoms with E-state index < -0.39 is 29.2 Å². The molecule has 2 aromatic heterocycles. The fourth-order valence-corrected chi connectivity index (χ4v) is 4.38. The fourth-order valence-electron chi connectivity index (χ4n) is 4.03. The van der Waals surface area contributed by atoms with Crippen LogP contribution in [0.2, 0.25) is 0 Å². The predicted molar refractivity (Wildman–Crippen MR) is 121 cm³/mol. The van der Waals surface area contributed by atoms with Crippen molar-refractivity contribution in [3.05, 3.63) is 36.3 Å². The standard InChI is InChI=1S/C22H30N4O4S/c1-21(2,3)30-20(28)25(4)14-18(27)29-16-7-5-6-10-22(16,19(23)31)15-8-9-17-24-11-12-26(17)13-15/h8-9,11-13,16H,5-7,10,14H2,1-4H3,(H2,23,31). The van der Waals surface area contributed by atoms with E-state index >= 15 is 0 Å². The number of likely N-dealkylation sites (N-methyl/N-ethyl adjacent to an activating group) is 1. The first-order valence-electron chi connectivity index (χ1n) is 10.4. The van der Waals surface area contributed by atoms with Crippen molar-refractivity contribution in [2.24, 2.45) is 5.73 Å². The number of hydrogen-bond acceptors (Lipinski definition) is 6. The van der Waals surface area contributed by atoms with Crippen LogP contribution in [0.3, 0.4) is 0 Å². The van der Waals surface area contributed by atoms with E-state index in [-0.39, 0.29) is 6.54 Å². The monoisotopic (exact) mass is 446 g/mol. The van der Waals surface area contributed by atoms with Gasteiger partial charge in [-0.2, -0.15) is 0 Å². The molecule has 0 aliphatic heterocycles. The van der Waals surface area contributed by atoms with Gasteiger partial charge >= 0.3 is 12.1 Å². The largest absolute Gasteiger partial charge is 0.460 e. The second-order valence-electron chi connectivity index (χ2n) is 9.01. The van der Waals surface area contributed by atoms with Crippen molar-refractivity contribution in [1.82, 2.24) is 14.3 Å². The van der Waals surface area contributed by atoms with Gasteiger partial charge in [0.1, 0.15) is 23.9 Å². The first-order valence-corrected chi connectivity index (χ1v) is 10.8. The van der Waals surface area contributed by atoms with E-state index in [9.17, 15) is 9.59 Å². The molecule has 1 amide bonds. The lowest BCUT2D eigenvalue weighted by molar-refractivity contribution is -0.154. The van der Waals surface area contributed by atoms with Gasteiger partial charge < -0.3 is 24.5 Å². The van der Waals surface area contributed by atoms with Crippen LogP contribution in [0, 0.1) is 0 Å². The topological polar surface area (TPSA) is 99.2 Å². The zero-order valence-corrected chi connectivity index (χ0v) is 19.3. The molecular weight excluding hydrogens is 416 g/mol.